The number of hydrogen-bond acceptors (Lipinski definition) is 1. The third-order valence-electron chi connectivity index (χ3n) is 7.26. The van der Waals surface area contributed by atoms with E-state index >= 15 is 0 Å². The van der Waals surface area contributed by atoms with Crippen LogP contribution in [0.25, 0.3) is 0 Å². The molecule has 0 spiro atoms. The zero-order chi connectivity index (χ0) is 17.8. The van der Waals surface area contributed by atoms with E-state index in [1.54, 1.807) is 0 Å². The molecule has 0 heterocycles. The van der Waals surface area contributed by atoms with E-state index < -0.39 is 0 Å². The van der Waals surface area contributed by atoms with Crippen LogP contribution in [0, 0.1) is 22.8 Å². The number of rotatable bonds is 4. The van der Waals surface area contributed by atoms with Gasteiger partial charge < -0.3 is 34.1 Å². The van der Waals surface area contributed by atoms with E-state index in [1.165, 1.54) is 49.7 Å². The summed E-state index contributed by atoms with van der Waals surface area (Å²) in [4.78, 5) is 0. The van der Waals surface area contributed by atoms with Crippen molar-refractivity contribution < 1.29 is 53.0 Å². The third-order valence-corrected chi connectivity index (χ3v) is 7.26. The standard InChI is InChI=1S/C25H29O.BrH.ClH.Li.Mg/c1-23-12-20-13-24(2,16-23)18-25(14-20,17-23)21-10-6-7-11-22(21)26-15-19-8-4-3-5-9-19;;;;/h3-5,7-11,20H,12-18H2,1-2H3;2*1H;;/q-1;;;+1;+2/p-2. The van der Waals surface area contributed by atoms with Crippen molar-refractivity contribution in [3.05, 3.63) is 65.7 Å². The molecule has 6 rings (SSSR count). The van der Waals surface area contributed by atoms with Gasteiger partial charge in [0.1, 0.15) is 6.61 Å². The minimum atomic E-state index is 0. The van der Waals surface area contributed by atoms with Gasteiger partial charge in [-0.25, -0.2) is 0 Å². The second kappa shape index (κ2) is 10.5. The second-order valence-corrected chi connectivity index (χ2v) is 10.1. The summed E-state index contributed by atoms with van der Waals surface area (Å²) in [7, 11) is 0. The fourth-order valence-electron chi connectivity index (χ4n) is 7.44. The van der Waals surface area contributed by atoms with Crippen molar-refractivity contribution in [2.75, 3.05) is 0 Å². The topological polar surface area (TPSA) is 9.23 Å². The molecule has 2 unspecified atom stereocenters. The normalized spacial score (nSPS) is 32.7. The van der Waals surface area contributed by atoms with Crippen LogP contribution in [0.3, 0.4) is 0 Å². The molecule has 2 aromatic rings. The van der Waals surface area contributed by atoms with Gasteiger partial charge in [-0.15, -0.1) is 11.6 Å². The molecule has 4 aliphatic rings. The zero-order valence-corrected chi connectivity index (χ0v) is 22.3. The maximum Gasteiger partial charge on any atom is 2.00 e. The van der Waals surface area contributed by atoms with E-state index in [1.807, 2.05) is 6.07 Å². The van der Waals surface area contributed by atoms with Crippen molar-refractivity contribution in [1.29, 1.82) is 0 Å². The molecule has 0 saturated heterocycles. The minimum absolute atomic E-state index is 0. The van der Waals surface area contributed by atoms with Gasteiger partial charge in [0.05, 0.1) is 0 Å². The average Bonchev–Trinajstić information content (AvgIpc) is 2.58. The summed E-state index contributed by atoms with van der Waals surface area (Å²) in [6.45, 7) is 5.73. The molecule has 1 nitrogen and oxygen atoms in total. The molecule has 4 fully saturated rings. The van der Waals surface area contributed by atoms with E-state index in [9.17, 15) is 0 Å². The van der Waals surface area contributed by atoms with Crippen molar-refractivity contribution >= 4 is 23.1 Å². The first kappa shape index (κ1) is 28.4. The van der Waals surface area contributed by atoms with Crippen LogP contribution in [0.4, 0.5) is 0 Å². The summed E-state index contributed by atoms with van der Waals surface area (Å²) in [5.41, 5.74) is 3.99. The molecule has 2 atom stereocenters. The predicted molar refractivity (Wildman–Crippen MR) is 111 cm³/mol. The Bertz CT molecular complexity index is 815. The average molecular weight is 492 g/mol. The van der Waals surface area contributed by atoms with Crippen molar-refractivity contribution in [2.45, 2.75) is 64.4 Å². The van der Waals surface area contributed by atoms with Crippen LogP contribution in [0.5, 0.6) is 5.75 Å². The maximum absolute atomic E-state index is 6.36. The van der Waals surface area contributed by atoms with E-state index in [0.717, 1.165) is 11.7 Å². The fraction of sp³-hybridized carbons (Fsp3) is 0.520. The monoisotopic (exact) mass is 490 g/mol. The minimum Gasteiger partial charge on any atom is -1.00 e. The number of ether oxygens (including phenoxy) is 1. The van der Waals surface area contributed by atoms with Gasteiger partial charge in [-0.3, -0.25) is 0 Å². The fourth-order valence-corrected chi connectivity index (χ4v) is 7.44. The summed E-state index contributed by atoms with van der Waals surface area (Å²) < 4.78 is 6.36. The molecule has 4 bridgehead atoms. The van der Waals surface area contributed by atoms with Gasteiger partial charge in [-0.05, 0) is 59.8 Å². The van der Waals surface area contributed by atoms with Crippen molar-refractivity contribution in [3.63, 3.8) is 0 Å². The molecule has 5 heteroatoms. The van der Waals surface area contributed by atoms with Gasteiger partial charge in [0.25, 0.3) is 0 Å². The van der Waals surface area contributed by atoms with Crippen LogP contribution < -0.4 is 53.0 Å². The summed E-state index contributed by atoms with van der Waals surface area (Å²) in [5.74, 6) is 1.98. The van der Waals surface area contributed by atoms with Gasteiger partial charge in [-0.1, -0.05) is 50.6 Å². The molecule has 0 amide bonds. The third kappa shape index (κ3) is 5.29. The Balaban J connectivity index is 0.00000112. The SMILES string of the molecule is CC12CC3CC(C)(C1)CC(c1c[c-]ccc1OCc1ccccc1)(C3)C2.[Br-].[Cl-].[Li+].[Mg+2]. The predicted octanol–water partition coefficient (Wildman–Crippen LogP) is -3.06. The second-order valence-electron chi connectivity index (χ2n) is 10.1. The number of hydrogen-bond donors (Lipinski definition) is 0. The molecule has 152 valence electrons. The first-order chi connectivity index (χ1) is 12.5. The number of halogens is 2. The summed E-state index contributed by atoms with van der Waals surface area (Å²) in [6.07, 6.45) is 8.27. The number of benzene rings is 2. The van der Waals surface area contributed by atoms with Gasteiger partial charge in [0.2, 0.25) is 0 Å². The van der Waals surface area contributed by atoms with E-state index in [4.69, 9.17) is 4.74 Å². The summed E-state index contributed by atoms with van der Waals surface area (Å²) in [5, 5.41) is 0. The molecule has 0 aromatic heterocycles. The Morgan fingerprint density at radius 1 is 0.967 bits per heavy atom. The molecule has 4 aliphatic carbocycles. The molecular weight excluding hydrogens is 463 g/mol. The largest absolute Gasteiger partial charge is 2.00 e. The van der Waals surface area contributed by atoms with Gasteiger partial charge in [0, 0.05) is 5.75 Å². The summed E-state index contributed by atoms with van der Waals surface area (Å²) in [6, 6.07) is 20.3. The Morgan fingerprint density at radius 3 is 2.20 bits per heavy atom. The Labute approximate surface area is 227 Å². The van der Waals surface area contributed by atoms with Crippen LogP contribution >= 0.6 is 0 Å². The van der Waals surface area contributed by atoms with Crippen LogP contribution in [0.2, 0.25) is 0 Å². The zero-order valence-electron chi connectivity index (χ0n) is 18.5. The maximum atomic E-state index is 6.36. The van der Waals surface area contributed by atoms with Crippen LogP contribution in [0.1, 0.15) is 63.5 Å². The van der Waals surface area contributed by atoms with Crippen molar-refractivity contribution in [3.8, 4) is 5.75 Å². The Hall–Kier alpha value is 0.374. The first-order valence-electron chi connectivity index (χ1n) is 10.2. The summed E-state index contributed by atoms with van der Waals surface area (Å²) >= 11 is 0. The first-order valence-corrected chi connectivity index (χ1v) is 10.2. The van der Waals surface area contributed by atoms with E-state index in [0.29, 0.717) is 22.9 Å². The Kier molecular flexibility index (Phi) is 9.98. The molecule has 0 radical (unpaired) electrons. The molecule has 0 aliphatic heterocycles. The molecule has 30 heavy (non-hydrogen) atoms. The van der Waals surface area contributed by atoms with Crippen LogP contribution in [-0.4, -0.2) is 23.1 Å². The molecule has 0 N–H and O–H groups in total. The van der Waals surface area contributed by atoms with E-state index in [2.05, 4.69) is 62.4 Å². The van der Waals surface area contributed by atoms with Crippen LogP contribution in [0.15, 0.2) is 48.5 Å². The smallest absolute Gasteiger partial charge is 1.00 e. The van der Waals surface area contributed by atoms with Gasteiger partial charge >= 0.3 is 41.9 Å². The molecule has 2 aromatic carbocycles. The quantitative estimate of drug-likeness (QED) is 0.326. The van der Waals surface area contributed by atoms with Gasteiger partial charge in [0.15, 0.2) is 0 Å². The van der Waals surface area contributed by atoms with Gasteiger partial charge in [-0.2, -0.15) is 18.2 Å². The van der Waals surface area contributed by atoms with Crippen molar-refractivity contribution in [2.24, 2.45) is 16.7 Å². The van der Waals surface area contributed by atoms with Crippen molar-refractivity contribution in [1.82, 2.24) is 0 Å². The van der Waals surface area contributed by atoms with E-state index in [-0.39, 0.29) is 71.3 Å². The molecule has 4 saturated carbocycles. The van der Waals surface area contributed by atoms with Crippen LogP contribution in [-0.2, 0) is 12.0 Å². The molecular formula is C25H29BrClLiMgO. The Morgan fingerprint density at radius 2 is 1.60 bits per heavy atom.